The molecule has 1 saturated heterocycles. The highest BCUT2D eigenvalue weighted by atomic mass is 16.6. The monoisotopic (exact) mass is 339 g/mol. The molecule has 1 aliphatic rings. The third kappa shape index (κ3) is 3.72. The van der Waals surface area contributed by atoms with Crippen molar-refractivity contribution in [1.82, 2.24) is 4.90 Å². The number of carbonyl (C=O) groups is 2. The highest BCUT2D eigenvalue weighted by Gasteiger charge is 2.41. The topological polar surface area (TPSA) is 66.8 Å². The van der Waals surface area contributed by atoms with Gasteiger partial charge in [0.05, 0.1) is 18.1 Å². The Labute approximate surface area is 146 Å². The number of cyclic esters (lactones) is 1. The lowest BCUT2D eigenvalue weighted by Gasteiger charge is -2.25. The first-order chi connectivity index (χ1) is 12.1. The molecule has 1 fully saturated rings. The fourth-order valence-electron chi connectivity index (χ4n) is 3.06. The van der Waals surface area contributed by atoms with Crippen molar-refractivity contribution in [2.24, 2.45) is 5.92 Å². The average Bonchev–Trinajstić information content (AvgIpc) is 3.01. The van der Waals surface area contributed by atoms with E-state index in [1.165, 1.54) is 0 Å². The van der Waals surface area contributed by atoms with Crippen LogP contribution < -0.4 is 0 Å². The van der Waals surface area contributed by atoms with Gasteiger partial charge < -0.3 is 9.84 Å². The summed E-state index contributed by atoms with van der Waals surface area (Å²) in [6.45, 7) is 1.80. The van der Waals surface area contributed by atoms with Gasteiger partial charge in [-0.15, -0.1) is 0 Å². The molecule has 0 radical (unpaired) electrons. The zero-order chi connectivity index (χ0) is 17.8. The molecule has 0 saturated carbocycles. The van der Waals surface area contributed by atoms with Gasteiger partial charge in [-0.05, 0) is 17.5 Å². The fraction of sp³-hybridized carbons (Fsp3) is 0.300. The Morgan fingerprint density at radius 2 is 1.76 bits per heavy atom. The van der Waals surface area contributed by atoms with Crippen molar-refractivity contribution in [3.05, 3.63) is 71.8 Å². The van der Waals surface area contributed by atoms with Gasteiger partial charge in [0, 0.05) is 0 Å². The molecule has 130 valence electrons. The van der Waals surface area contributed by atoms with Crippen molar-refractivity contribution in [2.45, 2.75) is 25.5 Å². The van der Waals surface area contributed by atoms with Crippen molar-refractivity contribution < 1.29 is 19.4 Å². The summed E-state index contributed by atoms with van der Waals surface area (Å²) in [5.74, 6) is -1.16. The SMILES string of the molecule is C[C@H](C(=O)N1C(=O)OC[C@H]1Cc1ccccc1)[C@H](O)c1ccccc1. The molecule has 2 aromatic carbocycles. The summed E-state index contributed by atoms with van der Waals surface area (Å²) in [5, 5.41) is 10.5. The summed E-state index contributed by atoms with van der Waals surface area (Å²) in [7, 11) is 0. The summed E-state index contributed by atoms with van der Waals surface area (Å²) in [4.78, 5) is 26.1. The van der Waals surface area contributed by atoms with Gasteiger partial charge in [-0.25, -0.2) is 9.69 Å². The van der Waals surface area contributed by atoms with Gasteiger partial charge in [0.25, 0.3) is 0 Å². The summed E-state index contributed by atoms with van der Waals surface area (Å²) < 4.78 is 5.09. The molecule has 0 aromatic heterocycles. The van der Waals surface area contributed by atoms with Gasteiger partial charge in [-0.2, -0.15) is 0 Å². The maximum atomic E-state index is 12.8. The number of nitrogens with zero attached hydrogens (tertiary/aromatic N) is 1. The number of aliphatic hydroxyl groups is 1. The minimum Gasteiger partial charge on any atom is -0.447 e. The van der Waals surface area contributed by atoms with Crippen LogP contribution in [0.5, 0.6) is 0 Å². The first kappa shape index (κ1) is 17.2. The Morgan fingerprint density at radius 1 is 1.16 bits per heavy atom. The first-order valence-electron chi connectivity index (χ1n) is 8.34. The number of rotatable bonds is 5. The summed E-state index contributed by atoms with van der Waals surface area (Å²) in [5.41, 5.74) is 1.68. The van der Waals surface area contributed by atoms with Crippen molar-refractivity contribution in [1.29, 1.82) is 0 Å². The molecular weight excluding hydrogens is 318 g/mol. The van der Waals surface area contributed by atoms with Crippen LogP contribution in [0.2, 0.25) is 0 Å². The Morgan fingerprint density at radius 3 is 2.40 bits per heavy atom. The van der Waals surface area contributed by atoms with Crippen LogP contribution in [0.4, 0.5) is 4.79 Å². The molecule has 5 nitrogen and oxygen atoms in total. The first-order valence-corrected chi connectivity index (χ1v) is 8.34. The van der Waals surface area contributed by atoms with E-state index >= 15 is 0 Å². The molecule has 2 aromatic rings. The van der Waals surface area contributed by atoms with Crippen molar-refractivity contribution in [2.75, 3.05) is 6.61 Å². The highest BCUT2D eigenvalue weighted by molar-refractivity contribution is 5.95. The number of amides is 2. The van der Waals surface area contributed by atoms with Crippen molar-refractivity contribution in [3.63, 3.8) is 0 Å². The Bertz CT molecular complexity index is 732. The standard InChI is InChI=1S/C20H21NO4/c1-14(18(22)16-10-6-3-7-11-16)19(23)21-17(13-25-20(21)24)12-15-8-4-2-5-9-15/h2-11,14,17-18,22H,12-13H2,1H3/t14-,17+,18-/m0/s1. The Kier molecular flexibility index (Phi) is 5.14. The Hall–Kier alpha value is -2.66. The van der Waals surface area contributed by atoms with Gasteiger partial charge in [-0.1, -0.05) is 67.6 Å². The Balaban J connectivity index is 1.75. The molecule has 0 aliphatic carbocycles. The van der Waals surface area contributed by atoms with Crippen LogP contribution in [0.3, 0.4) is 0 Å². The number of hydrogen-bond donors (Lipinski definition) is 1. The second-order valence-electron chi connectivity index (χ2n) is 6.27. The molecular formula is C20H21NO4. The lowest BCUT2D eigenvalue weighted by molar-refractivity contribution is -0.136. The van der Waals surface area contributed by atoms with Crippen LogP contribution in [0.25, 0.3) is 0 Å². The molecule has 1 aliphatic heterocycles. The van der Waals surface area contributed by atoms with Crippen LogP contribution >= 0.6 is 0 Å². The zero-order valence-corrected chi connectivity index (χ0v) is 14.0. The second-order valence-corrected chi connectivity index (χ2v) is 6.27. The maximum absolute atomic E-state index is 12.8. The second kappa shape index (κ2) is 7.49. The predicted molar refractivity (Wildman–Crippen MR) is 92.7 cm³/mol. The summed E-state index contributed by atoms with van der Waals surface area (Å²) in [6.07, 6.45) is -1.08. The number of benzene rings is 2. The molecule has 1 heterocycles. The molecule has 25 heavy (non-hydrogen) atoms. The third-order valence-corrected chi connectivity index (χ3v) is 4.52. The third-order valence-electron chi connectivity index (χ3n) is 4.52. The van der Waals surface area contributed by atoms with Gasteiger partial charge in [0.2, 0.25) is 5.91 Å². The maximum Gasteiger partial charge on any atom is 0.416 e. The molecule has 0 unspecified atom stereocenters. The van der Waals surface area contributed by atoms with E-state index in [9.17, 15) is 14.7 Å². The van der Waals surface area contributed by atoms with Gasteiger partial charge in [0.15, 0.2) is 0 Å². The number of imide groups is 1. The molecule has 2 amide bonds. The van der Waals surface area contributed by atoms with E-state index in [2.05, 4.69) is 0 Å². The van der Waals surface area contributed by atoms with Crippen LogP contribution in [-0.2, 0) is 16.0 Å². The molecule has 3 atom stereocenters. The van der Waals surface area contributed by atoms with Crippen molar-refractivity contribution in [3.8, 4) is 0 Å². The molecule has 0 spiro atoms. The number of ether oxygens (including phenoxy) is 1. The number of hydrogen-bond acceptors (Lipinski definition) is 4. The van der Waals surface area contributed by atoms with E-state index in [4.69, 9.17) is 4.74 Å². The van der Waals surface area contributed by atoms with E-state index in [1.807, 2.05) is 36.4 Å². The number of carbonyl (C=O) groups excluding carboxylic acids is 2. The minimum atomic E-state index is -0.973. The molecule has 1 N–H and O–H groups in total. The average molecular weight is 339 g/mol. The highest BCUT2D eigenvalue weighted by Crippen LogP contribution is 2.27. The number of aliphatic hydroxyl groups excluding tert-OH is 1. The van der Waals surface area contributed by atoms with Crippen molar-refractivity contribution >= 4 is 12.0 Å². The van der Waals surface area contributed by atoms with E-state index in [1.54, 1.807) is 31.2 Å². The fourth-order valence-corrected chi connectivity index (χ4v) is 3.06. The van der Waals surface area contributed by atoms with Crippen LogP contribution in [-0.4, -0.2) is 34.7 Å². The van der Waals surface area contributed by atoms with Gasteiger partial charge >= 0.3 is 6.09 Å². The van der Waals surface area contributed by atoms with E-state index in [0.29, 0.717) is 12.0 Å². The van der Waals surface area contributed by atoms with Crippen LogP contribution in [0.15, 0.2) is 60.7 Å². The van der Waals surface area contributed by atoms with E-state index in [-0.39, 0.29) is 12.6 Å². The van der Waals surface area contributed by atoms with Gasteiger partial charge in [0.1, 0.15) is 6.61 Å². The normalized spacial score (nSPS) is 19.4. The predicted octanol–water partition coefficient (Wildman–Crippen LogP) is 2.95. The smallest absolute Gasteiger partial charge is 0.416 e. The van der Waals surface area contributed by atoms with Gasteiger partial charge in [-0.3, -0.25) is 4.79 Å². The summed E-state index contributed by atoms with van der Waals surface area (Å²) in [6, 6.07) is 18.3. The lowest BCUT2D eigenvalue weighted by atomic mass is 9.95. The molecule has 5 heteroatoms. The largest absolute Gasteiger partial charge is 0.447 e. The molecule has 0 bridgehead atoms. The van der Waals surface area contributed by atoms with Crippen LogP contribution in [0.1, 0.15) is 24.2 Å². The zero-order valence-electron chi connectivity index (χ0n) is 14.0. The quantitative estimate of drug-likeness (QED) is 0.909. The van der Waals surface area contributed by atoms with E-state index in [0.717, 1.165) is 10.5 Å². The molecule has 3 rings (SSSR count). The lowest BCUT2D eigenvalue weighted by Crippen LogP contribution is -2.44. The van der Waals surface area contributed by atoms with E-state index < -0.39 is 24.0 Å². The van der Waals surface area contributed by atoms with Crippen LogP contribution in [0, 0.1) is 5.92 Å². The minimum absolute atomic E-state index is 0.174. The summed E-state index contributed by atoms with van der Waals surface area (Å²) >= 11 is 0.